The maximum Gasteiger partial charge on any atom is 0.248 e. The second kappa shape index (κ2) is 8.50. The second-order valence-electron chi connectivity index (χ2n) is 5.47. The second-order valence-corrected chi connectivity index (χ2v) is 5.88. The lowest BCUT2D eigenvalue weighted by atomic mass is 10.2. The maximum atomic E-state index is 12.2. The Morgan fingerprint density at radius 2 is 2.04 bits per heavy atom. The number of para-hydroxylation sites is 1. The number of nitrogens with one attached hydrogen (secondary N) is 1. The molecular formula is C18H18ClN5O3. The van der Waals surface area contributed by atoms with Crippen molar-refractivity contribution in [1.82, 2.24) is 20.2 Å². The molecule has 1 amide bonds. The van der Waals surface area contributed by atoms with Gasteiger partial charge >= 0.3 is 0 Å². The summed E-state index contributed by atoms with van der Waals surface area (Å²) in [4.78, 5) is 13.4. The van der Waals surface area contributed by atoms with Gasteiger partial charge in [-0.1, -0.05) is 23.7 Å². The summed E-state index contributed by atoms with van der Waals surface area (Å²) in [7, 11) is 1.57. The maximum absolute atomic E-state index is 12.2. The normalized spacial score (nSPS) is 10.5. The monoisotopic (exact) mass is 387 g/mol. The van der Waals surface area contributed by atoms with Gasteiger partial charge in [-0.25, -0.2) is 0 Å². The predicted octanol–water partition coefficient (Wildman–Crippen LogP) is 3.04. The number of aromatic nitrogens is 4. The van der Waals surface area contributed by atoms with Gasteiger partial charge in [-0.2, -0.15) is 4.80 Å². The number of rotatable bonds is 7. The summed E-state index contributed by atoms with van der Waals surface area (Å²) in [5, 5.41) is 15.3. The molecule has 8 nitrogen and oxygen atoms in total. The Morgan fingerprint density at radius 3 is 2.78 bits per heavy atom. The standard InChI is InChI=1S/C18H18ClN5O3/c1-3-27-16-10-12(8-9-15(16)26-2)18-21-23-24(22-18)11-17(25)20-14-7-5-4-6-13(14)19/h4-10H,3,11H2,1-2H3,(H,20,25). The van der Waals surface area contributed by atoms with Crippen LogP contribution in [0.5, 0.6) is 11.5 Å². The van der Waals surface area contributed by atoms with Crippen LogP contribution in [0.2, 0.25) is 5.02 Å². The third-order valence-corrected chi connectivity index (χ3v) is 3.94. The first-order chi connectivity index (χ1) is 13.1. The number of methoxy groups -OCH3 is 1. The number of nitrogens with zero attached hydrogens (tertiary/aromatic N) is 4. The largest absolute Gasteiger partial charge is 0.493 e. The highest BCUT2D eigenvalue weighted by Crippen LogP contribution is 2.31. The zero-order valence-corrected chi connectivity index (χ0v) is 15.6. The fourth-order valence-corrected chi connectivity index (χ4v) is 2.57. The van der Waals surface area contributed by atoms with E-state index >= 15 is 0 Å². The Balaban J connectivity index is 1.72. The highest BCUT2D eigenvalue weighted by molar-refractivity contribution is 6.33. The molecule has 1 aromatic heterocycles. The van der Waals surface area contributed by atoms with Crippen LogP contribution in [0.15, 0.2) is 42.5 Å². The minimum atomic E-state index is -0.309. The van der Waals surface area contributed by atoms with Crippen LogP contribution in [0.1, 0.15) is 6.92 Å². The predicted molar refractivity (Wildman–Crippen MR) is 101 cm³/mol. The molecule has 27 heavy (non-hydrogen) atoms. The number of hydrogen-bond donors (Lipinski definition) is 1. The summed E-state index contributed by atoms with van der Waals surface area (Å²) >= 11 is 6.03. The van der Waals surface area contributed by atoms with Crippen LogP contribution < -0.4 is 14.8 Å². The number of carbonyl (C=O) groups is 1. The van der Waals surface area contributed by atoms with E-state index < -0.39 is 0 Å². The third-order valence-electron chi connectivity index (χ3n) is 3.61. The number of tetrazole rings is 1. The van der Waals surface area contributed by atoms with Gasteiger partial charge in [-0.05, 0) is 42.5 Å². The zero-order valence-electron chi connectivity index (χ0n) is 14.8. The van der Waals surface area contributed by atoms with Crippen LogP contribution in [0.3, 0.4) is 0 Å². The number of ether oxygens (including phenoxy) is 2. The summed E-state index contributed by atoms with van der Waals surface area (Å²) in [6, 6.07) is 12.3. The SMILES string of the molecule is CCOc1cc(-c2nnn(CC(=O)Nc3ccccc3Cl)n2)ccc1OC. The molecule has 3 aromatic rings. The molecule has 0 radical (unpaired) electrons. The molecule has 0 fully saturated rings. The van der Waals surface area contributed by atoms with Crippen LogP contribution in [-0.4, -0.2) is 39.8 Å². The molecule has 1 N–H and O–H groups in total. The number of anilines is 1. The molecule has 0 saturated heterocycles. The molecule has 0 atom stereocenters. The summed E-state index contributed by atoms with van der Waals surface area (Å²) in [5.74, 6) is 1.28. The molecule has 0 aliphatic heterocycles. The molecule has 0 saturated carbocycles. The molecule has 2 aromatic carbocycles. The van der Waals surface area contributed by atoms with Crippen LogP contribution >= 0.6 is 11.6 Å². The van der Waals surface area contributed by atoms with Gasteiger partial charge < -0.3 is 14.8 Å². The molecule has 9 heteroatoms. The van der Waals surface area contributed by atoms with Crippen molar-refractivity contribution in [1.29, 1.82) is 0 Å². The number of hydrogen-bond acceptors (Lipinski definition) is 6. The Kier molecular flexibility index (Phi) is 5.87. The summed E-state index contributed by atoms with van der Waals surface area (Å²) < 4.78 is 10.8. The Hall–Kier alpha value is -3.13. The average Bonchev–Trinajstić information content (AvgIpc) is 3.12. The van der Waals surface area contributed by atoms with Crippen molar-refractivity contribution in [2.75, 3.05) is 19.0 Å². The number of carbonyl (C=O) groups excluding carboxylic acids is 1. The summed E-state index contributed by atoms with van der Waals surface area (Å²) in [6.07, 6.45) is 0. The topological polar surface area (TPSA) is 91.2 Å². The minimum Gasteiger partial charge on any atom is -0.493 e. The number of amides is 1. The van der Waals surface area contributed by atoms with E-state index in [1.165, 1.54) is 4.80 Å². The Bertz CT molecular complexity index is 944. The fraction of sp³-hybridized carbons (Fsp3) is 0.222. The van der Waals surface area contributed by atoms with Crippen molar-refractivity contribution < 1.29 is 14.3 Å². The zero-order chi connectivity index (χ0) is 19.2. The van der Waals surface area contributed by atoms with Gasteiger partial charge in [0.05, 0.1) is 24.4 Å². The molecule has 0 aliphatic rings. The van der Waals surface area contributed by atoms with E-state index in [1.54, 1.807) is 49.6 Å². The van der Waals surface area contributed by atoms with E-state index in [-0.39, 0.29) is 12.5 Å². The highest BCUT2D eigenvalue weighted by atomic mass is 35.5. The van der Waals surface area contributed by atoms with Crippen molar-refractivity contribution in [2.24, 2.45) is 0 Å². The molecule has 140 valence electrons. The van der Waals surface area contributed by atoms with Crippen LogP contribution in [0, 0.1) is 0 Å². The highest BCUT2D eigenvalue weighted by Gasteiger charge is 2.13. The van der Waals surface area contributed by atoms with E-state index in [0.717, 1.165) is 0 Å². The summed E-state index contributed by atoms with van der Waals surface area (Å²) in [5.41, 5.74) is 1.23. The average molecular weight is 388 g/mol. The smallest absolute Gasteiger partial charge is 0.248 e. The van der Waals surface area contributed by atoms with Gasteiger partial charge in [-0.15, -0.1) is 10.2 Å². The van der Waals surface area contributed by atoms with Gasteiger partial charge in [-0.3, -0.25) is 4.79 Å². The lowest BCUT2D eigenvalue weighted by Gasteiger charge is -2.09. The van der Waals surface area contributed by atoms with Gasteiger partial charge in [0.1, 0.15) is 6.54 Å². The molecule has 0 aliphatic carbocycles. The van der Waals surface area contributed by atoms with Gasteiger partial charge in [0, 0.05) is 5.56 Å². The molecular weight excluding hydrogens is 370 g/mol. The number of halogens is 1. The quantitative estimate of drug-likeness (QED) is 0.670. The minimum absolute atomic E-state index is 0.0906. The molecule has 0 unspecified atom stereocenters. The first-order valence-corrected chi connectivity index (χ1v) is 8.62. The Labute approximate surface area is 161 Å². The van der Waals surface area contributed by atoms with Gasteiger partial charge in [0.15, 0.2) is 11.5 Å². The van der Waals surface area contributed by atoms with Crippen molar-refractivity contribution in [3.8, 4) is 22.9 Å². The molecule has 0 bridgehead atoms. The van der Waals surface area contributed by atoms with Crippen molar-refractivity contribution in [2.45, 2.75) is 13.5 Å². The Morgan fingerprint density at radius 1 is 1.22 bits per heavy atom. The van der Waals surface area contributed by atoms with E-state index in [1.807, 2.05) is 6.92 Å². The first-order valence-electron chi connectivity index (χ1n) is 8.24. The number of benzene rings is 2. The van der Waals surface area contributed by atoms with Crippen molar-refractivity contribution in [3.05, 3.63) is 47.5 Å². The summed E-state index contributed by atoms with van der Waals surface area (Å²) in [6.45, 7) is 2.30. The molecule has 0 spiro atoms. The van der Waals surface area contributed by atoms with E-state index in [9.17, 15) is 4.79 Å². The van der Waals surface area contributed by atoms with Crippen LogP contribution in [0.4, 0.5) is 5.69 Å². The van der Waals surface area contributed by atoms with E-state index in [2.05, 4.69) is 20.7 Å². The van der Waals surface area contributed by atoms with E-state index in [4.69, 9.17) is 21.1 Å². The van der Waals surface area contributed by atoms with Gasteiger partial charge in [0.2, 0.25) is 11.7 Å². The van der Waals surface area contributed by atoms with Crippen LogP contribution in [0.25, 0.3) is 11.4 Å². The molecule has 3 rings (SSSR count). The third kappa shape index (κ3) is 4.53. The molecule has 1 heterocycles. The lowest BCUT2D eigenvalue weighted by molar-refractivity contribution is -0.117. The van der Waals surface area contributed by atoms with E-state index in [0.29, 0.717) is 40.2 Å². The lowest BCUT2D eigenvalue weighted by Crippen LogP contribution is -2.20. The first kappa shape index (κ1) is 18.7. The fourth-order valence-electron chi connectivity index (χ4n) is 2.39. The van der Waals surface area contributed by atoms with Crippen LogP contribution in [-0.2, 0) is 11.3 Å². The van der Waals surface area contributed by atoms with Crippen molar-refractivity contribution >= 4 is 23.2 Å². The van der Waals surface area contributed by atoms with Gasteiger partial charge in [0.25, 0.3) is 0 Å². The van der Waals surface area contributed by atoms with Crippen molar-refractivity contribution in [3.63, 3.8) is 0 Å².